The number of piperazine rings is 1. The van der Waals surface area contributed by atoms with E-state index in [9.17, 15) is 13.2 Å². The van der Waals surface area contributed by atoms with Crippen molar-refractivity contribution in [2.75, 3.05) is 49.0 Å². The fourth-order valence-electron chi connectivity index (χ4n) is 3.74. The van der Waals surface area contributed by atoms with E-state index >= 15 is 0 Å². The van der Waals surface area contributed by atoms with Crippen molar-refractivity contribution in [2.45, 2.75) is 23.8 Å². The van der Waals surface area contributed by atoms with Crippen LogP contribution in [0, 0.1) is 0 Å². The summed E-state index contributed by atoms with van der Waals surface area (Å²) in [5.41, 5.74) is 0.530. The molecule has 0 aliphatic carbocycles. The van der Waals surface area contributed by atoms with Crippen molar-refractivity contribution in [1.29, 1.82) is 0 Å². The largest absolute Gasteiger partial charge is 0.376 e. The van der Waals surface area contributed by atoms with Gasteiger partial charge in [0.15, 0.2) is 0 Å². The topological polar surface area (TPSA) is 113 Å². The number of halogens is 1. The molecule has 3 N–H and O–H groups in total. The number of carbonyl (C=O) groups excluding carboxylic acids is 1. The van der Waals surface area contributed by atoms with Crippen LogP contribution in [0.3, 0.4) is 0 Å². The van der Waals surface area contributed by atoms with Crippen LogP contribution < -0.4 is 20.3 Å². The highest BCUT2D eigenvalue weighted by molar-refractivity contribution is 7.92. The Morgan fingerprint density at radius 1 is 1.25 bits per heavy atom. The number of sulfonamides is 1. The number of benzene rings is 1. The maximum absolute atomic E-state index is 13.0. The van der Waals surface area contributed by atoms with Crippen LogP contribution in [0.5, 0.6) is 0 Å². The quantitative estimate of drug-likeness (QED) is 0.555. The number of nitrogens with one attached hydrogen (secondary N) is 3. The molecular weight excluding hydrogens is 454 g/mol. The highest BCUT2D eigenvalue weighted by atomic mass is 35.5. The lowest BCUT2D eigenvalue weighted by Gasteiger charge is -2.30. The summed E-state index contributed by atoms with van der Waals surface area (Å²) < 4.78 is 33.6. The van der Waals surface area contributed by atoms with Gasteiger partial charge in [-0.3, -0.25) is 9.52 Å². The summed E-state index contributed by atoms with van der Waals surface area (Å²) in [6.45, 7) is 4.08. The van der Waals surface area contributed by atoms with Crippen LogP contribution in [0.1, 0.15) is 23.2 Å². The Morgan fingerprint density at radius 2 is 2.00 bits per heavy atom. The van der Waals surface area contributed by atoms with E-state index in [4.69, 9.17) is 16.3 Å². The fourth-order valence-corrected chi connectivity index (χ4v) is 4.90. The standard InChI is InChI=1S/C21H26ClN5O4S/c22-15-3-5-18(6-4-15)32(29,30)26-16-12-19(21(28)25-14-17-2-1-11-31-17)20(24-13-16)27-9-7-23-8-10-27/h3-6,12-13,17,23,26H,1-2,7-11,14H2,(H,25,28). The Hall–Kier alpha value is -2.40. The zero-order chi connectivity index (χ0) is 22.6. The van der Waals surface area contributed by atoms with Gasteiger partial charge in [-0.25, -0.2) is 13.4 Å². The number of amides is 1. The number of ether oxygens (including phenoxy) is 1. The number of hydrogen-bond donors (Lipinski definition) is 3. The van der Waals surface area contributed by atoms with Gasteiger partial charge in [0.1, 0.15) is 5.82 Å². The van der Waals surface area contributed by atoms with Gasteiger partial charge in [-0.2, -0.15) is 0 Å². The summed E-state index contributed by atoms with van der Waals surface area (Å²) in [4.78, 5) is 19.6. The van der Waals surface area contributed by atoms with E-state index < -0.39 is 10.0 Å². The lowest BCUT2D eigenvalue weighted by atomic mass is 10.2. The molecule has 2 fully saturated rings. The molecule has 32 heavy (non-hydrogen) atoms. The van der Waals surface area contributed by atoms with Crippen molar-refractivity contribution in [2.24, 2.45) is 0 Å². The Labute approximate surface area is 192 Å². The van der Waals surface area contributed by atoms with Gasteiger partial charge < -0.3 is 20.3 Å². The number of pyridine rings is 1. The third-order valence-electron chi connectivity index (χ3n) is 5.42. The van der Waals surface area contributed by atoms with Crippen molar-refractivity contribution in [3.05, 3.63) is 47.1 Å². The molecule has 4 rings (SSSR count). The fraction of sp³-hybridized carbons (Fsp3) is 0.429. The highest BCUT2D eigenvalue weighted by Crippen LogP contribution is 2.24. The first-order valence-corrected chi connectivity index (χ1v) is 12.4. The van der Waals surface area contributed by atoms with Crippen molar-refractivity contribution in [1.82, 2.24) is 15.6 Å². The van der Waals surface area contributed by atoms with Crippen LogP contribution in [-0.2, 0) is 14.8 Å². The Balaban J connectivity index is 1.58. The predicted octanol–water partition coefficient (Wildman–Crippen LogP) is 1.85. The summed E-state index contributed by atoms with van der Waals surface area (Å²) in [7, 11) is -3.86. The number of rotatable bonds is 7. The van der Waals surface area contributed by atoms with E-state index in [1.165, 1.54) is 36.5 Å². The number of aromatic nitrogens is 1. The van der Waals surface area contributed by atoms with Gasteiger partial charge in [-0.1, -0.05) is 11.6 Å². The van der Waals surface area contributed by atoms with Gasteiger partial charge in [0.05, 0.1) is 28.4 Å². The number of hydrogen-bond acceptors (Lipinski definition) is 7. The molecule has 0 radical (unpaired) electrons. The molecular formula is C21H26ClN5O4S. The zero-order valence-corrected chi connectivity index (χ0v) is 19.1. The van der Waals surface area contributed by atoms with E-state index in [0.717, 1.165) is 25.9 Å². The Kier molecular flexibility index (Phi) is 7.14. The Bertz CT molecular complexity index is 1050. The second-order valence-electron chi connectivity index (χ2n) is 7.74. The van der Waals surface area contributed by atoms with Crippen LogP contribution >= 0.6 is 11.6 Å². The SMILES string of the molecule is O=C(NCC1CCCO1)c1cc(NS(=O)(=O)c2ccc(Cl)cc2)cnc1N1CCNCC1. The molecule has 172 valence electrons. The lowest BCUT2D eigenvalue weighted by molar-refractivity contribution is 0.0858. The van der Waals surface area contributed by atoms with Crippen LogP contribution in [0.15, 0.2) is 41.4 Å². The third kappa shape index (κ3) is 5.50. The molecule has 2 aliphatic heterocycles. The average Bonchev–Trinajstić information content (AvgIpc) is 3.32. The van der Waals surface area contributed by atoms with Crippen molar-refractivity contribution in [3.63, 3.8) is 0 Å². The van der Waals surface area contributed by atoms with Gasteiger partial charge in [-0.15, -0.1) is 0 Å². The summed E-state index contributed by atoms with van der Waals surface area (Å²) in [6.07, 6.45) is 3.32. The first-order valence-electron chi connectivity index (χ1n) is 10.6. The number of nitrogens with zero attached hydrogens (tertiary/aromatic N) is 2. The summed E-state index contributed by atoms with van der Waals surface area (Å²) in [5, 5.41) is 6.62. The normalized spacial score (nSPS) is 19.0. The molecule has 0 saturated carbocycles. The van der Waals surface area contributed by atoms with Crippen LogP contribution in [0.4, 0.5) is 11.5 Å². The van der Waals surface area contributed by atoms with E-state index in [0.29, 0.717) is 42.6 Å². The van der Waals surface area contributed by atoms with Crippen molar-refractivity contribution < 1.29 is 17.9 Å². The maximum Gasteiger partial charge on any atom is 0.261 e. The maximum atomic E-state index is 13.0. The highest BCUT2D eigenvalue weighted by Gasteiger charge is 2.24. The molecule has 2 saturated heterocycles. The molecule has 3 heterocycles. The van der Waals surface area contributed by atoms with Gasteiger partial charge >= 0.3 is 0 Å². The first-order chi connectivity index (χ1) is 15.4. The monoisotopic (exact) mass is 479 g/mol. The second kappa shape index (κ2) is 10.0. The summed E-state index contributed by atoms with van der Waals surface area (Å²) in [5.74, 6) is 0.222. The molecule has 2 aromatic rings. The molecule has 9 nitrogen and oxygen atoms in total. The van der Waals surface area contributed by atoms with Gasteiger partial charge in [0.25, 0.3) is 15.9 Å². The minimum absolute atomic E-state index is 0.00105. The van der Waals surface area contributed by atoms with E-state index in [1.807, 2.05) is 4.90 Å². The summed E-state index contributed by atoms with van der Waals surface area (Å²) >= 11 is 5.86. The van der Waals surface area contributed by atoms with Gasteiger partial charge in [-0.05, 0) is 43.2 Å². The van der Waals surface area contributed by atoms with Gasteiger partial charge in [0, 0.05) is 44.4 Å². The average molecular weight is 480 g/mol. The van der Waals surface area contributed by atoms with E-state index in [1.54, 1.807) is 0 Å². The van der Waals surface area contributed by atoms with Gasteiger partial charge in [0.2, 0.25) is 0 Å². The molecule has 1 amide bonds. The molecule has 2 aliphatic rings. The number of carbonyl (C=O) groups is 1. The molecule has 1 unspecified atom stereocenters. The third-order valence-corrected chi connectivity index (χ3v) is 7.07. The zero-order valence-electron chi connectivity index (χ0n) is 17.5. The Morgan fingerprint density at radius 3 is 2.69 bits per heavy atom. The number of anilines is 2. The van der Waals surface area contributed by atoms with E-state index in [2.05, 4.69) is 20.3 Å². The molecule has 0 bridgehead atoms. The van der Waals surface area contributed by atoms with Crippen LogP contribution in [-0.4, -0.2) is 64.7 Å². The van der Waals surface area contributed by atoms with Crippen LogP contribution in [0.25, 0.3) is 0 Å². The minimum Gasteiger partial charge on any atom is -0.376 e. The molecule has 11 heteroatoms. The molecule has 1 aromatic heterocycles. The second-order valence-corrected chi connectivity index (χ2v) is 9.86. The molecule has 0 spiro atoms. The van der Waals surface area contributed by atoms with E-state index in [-0.39, 0.29) is 22.6 Å². The lowest BCUT2D eigenvalue weighted by Crippen LogP contribution is -2.45. The summed E-state index contributed by atoms with van der Waals surface area (Å²) in [6, 6.07) is 7.38. The molecule has 1 aromatic carbocycles. The van der Waals surface area contributed by atoms with Crippen molar-refractivity contribution >= 4 is 39.0 Å². The van der Waals surface area contributed by atoms with Crippen LogP contribution in [0.2, 0.25) is 5.02 Å². The smallest absolute Gasteiger partial charge is 0.261 e. The van der Waals surface area contributed by atoms with Crippen molar-refractivity contribution in [3.8, 4) is 0 Å². The first kappa shape index (κ1) is 22.8. The minimum atomic E-state index is -3.86. The molecule has 1 atom stereocenters. The predicted molar refractivity (Wildman–Crippen MR) is 123 cm³/mol.